The number of pyridine rings is 1. The average molecular weight is 354 g/mol. The van der Waals surface area contributed by atoms with Gasteiger partial charge < -0.3 is 10.2 Å². The first-order chi connectivity index (χ1) is 12.1. The number of carbonyl (C=O) groups is 1. The highest BCUT2D eigenvalue weighted by molar-refractivity contribution is 8.03. The Balaban J connectivity index is 1.96. The molecule has 0 aliphatic carbocycles. The molecule has 3 rings (SSSR count). The summed E-state index contributed by atoms with van der Waals surface area (Å²) in [5.41, 5.74) is 3.24. The summed E-state index contributed by atoms with van der Waals surface area (Å²) in [5, 5.41) is 4.10. The van der Waals surface area contributed by atoms with Crippen LogP contribution in [0.15, 0.2) is 52.5 Å². The Morgan fingerprint density at radius 1 is 1.32 bits per heavy atom. The van der Waals surface area contributed by atoms with E-state index in [0.29, 0.717) is 0 Å². The lowest BCUT2D eigenvalue weighted by atomic mass is 10.2. The number of aryl methyl sites for hydroxylation is 1. The molecule has 1 aliphatic rings. The molecule has 4 nitrogen and oxygen atoms in total. The van der Waals surface area contributed by atoms with E-state index in [-0.39, 0.29) is 5.91 Å². The van der Waals surface area contributed by atoms with E-state index in [1.807, 2.05) is 12.1 Å². The van der Waals surface area contributed by atoms with Gasteiger partial charge in [0.25, 0.3) is 0 Å². The van der Waals surface area contributed by atoms with E-state index in [1.54, 1.807) is 11.8 Å². The fourth-order valence-electron chi connectivity index (χ4n) is 2.85. The van der Waals surface area contributed by atoms with Gasteiger partial charge in [-0.05, 0) is 30.7 Å². The molecule has 1 amide bonds. The van der Waals surface area contributed by atoms with Crippen LogP contribution in [0, 0.1) is 0 Å². The molecular weight excluding hydrogens is 330 g/mol. The van der Waals surface area contributed by atoms with Crippen LogP contribution < -0.4 is 14.8 Å². The highest BCUT2D eigenvalue weighted by Crippen LogP contribution is 2.47. The van der Waals surface area contributed by atoms with Crippen molar-refractivity contribution in [3.63, 3.8) is 0 Å². The molecule has 0 fully saturated rings. The van der Waals surface area contributed by atoms with Gasteiger partial charge in [-0.15, -0.1) is 0 Å². The summed E-state index contributed by atoms with van der Waals surface area (Å²) in [4.78, 5) is 14.9. The fourth-order valence-corrected chi connectivity index (χ4v) is 4.03. The molecule has 1 N–H and O–H groups in total. The van der Waals surface area contributed by atoms with Gasteiger partial charge in [0.15, 0.2) is 6.20 Å². The number of nitrogens with one attached hydrogen (secondary N) is 1. The van der Waals surface area contributed by atoms with Crippen molar-refractivity contribution in [1.82, 2.24) is 0 Å². The third kappa shape index (κ3) is 4.04. The Morgan fingerprint density at radius 2 is 2.16 bits per heavy atom. The van der Waals surface area contributed by atoms with Crippen molar-refractivity contribution < 1.29 is 9.36 Å². The number of thioether (sulfide) groups is 1. The Morgan fingerprint density at radius 3 is 2.88 bits per heavy atom. The Hall–Kier alpha value is -2.27. The number of anilines is 2. The number of aromatic nitrogens is 1. The molecule has 0 unspecified atom stereocenters. The van der Waals surface area contributed by atoms with Crippen LogP contribution in [0.5, 0.6) is 0 Å². The maximum absolute atomic E-state index is 11.3. The molecule has 130 valence electrons. The SMILES string of the molecule is CCCCN1C(=Cc2cccc[n+]2C)Sc2cc(NC(C)=O)ccc21. The molecule has 0 saturated carbocycles. The van der Waals surface area contributed by atoms with Crippen LogP contribution in [0.4, 0.5) is 11.4 Å². The third-order valence-electron chi connectivity index (χ3n) is 4.15. The highest BCUT2D eigenvalue weighted by Gasteiger charge is 2.26. The minimum atomic E-state index is -0.0436. The van der Waals surface area contributed by atoms with Crippen LogP contribution in [0.2, 0.25) is 0 Å². The van der Waals surface area contributed by atoms with Gasteiger partial charge >= 0.3 is 0 Å². The highest BCUT2D eigenvalue weighted by atomic mass is 32.2. The minimum Gasteiger partial charge on any atom is -0.335 e. The molecule has 0 atom stereocenters. The molecule has 0 bridgehead atoms. The quantitative estimate of drug-likeness (QED) is 0.818. The molecule has 25 heavy (non-hydrogen) atoms. The van der Waals surface area contributed by atoms with E-state index in [4.69, 9.17) is 0 Å². The molecule has 0 radical (unpaired) electrons. The lowest BCUT2D eigenvalue weighted by molar-refractivity contribution is -0.673. The maximum atomic E-state index is 11.3. The molecule has 2 heterocycles. The first-order valence-electron chi connectivity index (χ1n) is 8.62. The summed E-state index contributed by atoms with van der Waals surface area (Å²) >= 11 is 1.76. The average Bonchev–Trinajstić information content (AvgIpc) is 2.91. The van der Waals surface area contributed by atoms with Crippen LogP contribution in [-0.4, -0.2) is 12.5 Å². The summed E-state index contributed by atoms with van der Waals surface area (Å²) in [6.07, 6.45) is 6.60. The van der Waals surface area contributed by atoms with E-state index in [0.717, 1.165) is 25.1 Å². The zero-order valence-electron chi connectivity index (χ0n) is 15.0. The number of carbonyl (C=O) groups excluding carboxylic acids is 1. The molecule has 0 spiro atoms. The predicted molar refractivity (Wildman–Crippen MR) is 104 cm³/mol. The Kier molecular flexibility index (Phi) is 5.43. The van der Waals surface area contributed by atoms with Crippen LogP contribution in [-0.2, 0) is 11.8 Å². The van der Waals surface area contributed by atoms with Crippen molar-refractivity contribution in [3.05, 3.63) is 53.3 Å². The van der Waals surface area contributed by atoms with Crippen molar-refractivity contribution in [2.45, 2.75) is 31.6 Å². The molecule has 1 aliphatic heterocycles. The molecular formula is C20H24N3OS+. The standard InChI is InChI=1S/C20H23N3OS/c1-4-5-12-23-18-10-9-16(21-15(2)24)13-19(18)25-20(23)14-17-8-6-7-11-22(17)3/h6-11,13-14H,4-5,12H2,1-3H3/p+1. The normalized spacial score (nSPS) is 14.7. The summed E-state index contributed by atoms with van der Waals surface area (Å²) < 4.78 is 2.12. The van der Waals surface area contributed by atoms with Crippen LogP contribution in [0.1, 0.15) is 32.4 Å². The second-order valence-corrected chi connectivity index (χ2v) is 7.25. The van der Waals surface area contributed by atoms with Gasteiger partial charge in [0.05, 0.1) is 10.7 Å². The summed E-state index contributed by atoms with van der Waals surface area (Å²) in [6.45, 7) is 4.75. The minimum absolute atomic E-state index is 0.0436. The van der Waals surface area contributed by atoms with Gasteiger partial charge in [0, 0.05) is 42.3 Å². The van der Waals surface area contributed by atoms with Crippen molar-refractivity contribution in [1.29, 1.82) is 0 Å². The van der Waals surface area contributed by atoms with Crippen molar-refractivity contribution >= 4 is 35.1 Å². The number of amides is 1. The lowest BCUT2D eigenvalue weighted by Crippen LogP contribution is -2.31. The van der Waals surface area contributed by atoms with Gasteiger partial charge in [0.2, 0.25) is 11.6 Å². The van der Waals surface area contributed by atoms with E-state index >= 15 is 0 Å². The largest absolute Gasteiger partial charge is 0.335 e. The van der Waals surface area contributed by atoms with Gasteiger partial charge in [0.1, 0.15) is 7.05 Å². The second kappa shape index (κ2) is 7.74. The van der Waals surface area contributed by atoms with E-state index in [2.05, 4.69) is 65.3 Å². The smallest absolute Gasteiger partial charge is 0.221 e. The zero-order chi connectivity index (χ0) is 17.8. The van der Waals surface area contributed by atoms with Gasteiger partial charge in [-0.2, -0.15) is 0 Å². The van der Waals surface area contributed by atoms with Crippen LogP contribution in [0.25, 0.3) is 6.08 Å². The number of nitrogens with zero attached hydrogens (tertiary/aromatic N) is 2. The Labute approximate surface area is 153 Å². The number of hydrogen-bond acceptors (Lipinski definition) is 3. The number of unbranched alkanes of at least 4 members (excludes halogenated alkanes) is 1. The Bertz CT molecular complexity index is 816. The molecule has 2 aromatic rings. The topological polar surface area (TPSA) is 36.2 Å². The van der Waals surface area contributed by atoms with E-state index in [1.165, 1.54) is 28.2 Å². The van der Waals surface area contributed by atoms with Gasteiger partial charge in [-0.3, -0.25) is 4.79 Å². The van der Waals surface area contributed by atoms with Gasteiger partial charge in [-0.25, -0.2) is 4.57 Å². The lowest BCUT2D eigenvalue weighted by Gasteiger charge is -2.20. The first-order valence-corrected chi connectivity index (χ1v) is 9.43. The van der Waals surface area contributed by atoms with E-state index in [9.17, 15) is 4.79 Å². The van der Waals surface area contributed by atoms with Gasteiger partial charge in [-0.1, -0.05) is 25.1 Å². The molecule has 1 aromatic carbocycles. The second-order valence-electron chi connectivity index (χ2n) is 6.19. The number of hydrogen-bond donors (Lipinski definition) is 1. The summed E-state index contributed by atoms with van der Waals surface area (Å²) in [5.74, 6) is -0.0436. The van der Waals surface area contributed by atoms with Crippen molar-refractivity contribution in [2.75, 3.05) is 16.8 Å². The van der Waals surface area contributed by atoms with E-state index < -0.39 is 0 Å². The van der Waals surface area contributed by atoms with Crippen molar-refractivity contribution in [3.8, 4) is 0 Å². The zero-order valence-corrected chi connectivity index (χ0v) is 15.8. The number of benzene rings is 1. The van der Waals surface area contributed by atoms with Crippen LogP contribution >= 0.6 is 11.8 Å². The summed E-state index contributed by atoms with van der Waals surface area (Å²) in [7, 11) is 2.06. The number of rotatable bonds is 5. The fraction of sp³-hybridized carbons (Fsp3) is 0.300. The molecule has 5 heteroatoms. The predicted octanol–water partition coefficient (Wildman–Crippen LogP) is 4.18. The molecule has 0 saturated heterocycles. The first kappa shape index (κ1) is 17.5. The van der Waals surface area contributed by atoms with Crippen molar-refractivity contribution in [2.24, 2.45) is 7.05 Å². The summed E-state index contributed by atoms with van der Waals surface area (Å²) in [6, 6.07) is 12.4. The number of fused-ring (bicyclic) bond motifs is 1. The monoisotopic (exact) mass is 354 g/mol. The third-order valence-corrected chi connectivity index (χ3v) is 5.25. The maximum Gasteiger partial charge on any atom is 0.221 e. The van der Waals surface area contributed by atoms with Crippen LogP contribution in [0.3, 0.4) is 0 Å². The molecule has 1 aromatic heterocycles.